The molecule has 4 nitrogen and oxygen atoms in total. The Morgan fingerprint density at radius 1 is 1.35 bits per heavy atom. The second kappa shape index (κ2) is 7.87. The summed E-state index contributed by atoms with van der Waals surface area (Å²) in [5.41, 5.74) is 0. The summed E-state index contributed by atoms with van der Waals surface area (Å²) in [6, 6.07) is 0. The molecule has 0 aromatic heterocycles. The molecule has 0 spiro atoms. The number of carbonyl (C=O) groups excluding carboxylic acids is 2. The summed E-state index contributed by atoms with van der Waals surface area (Å²) < 4.78 is 4.87. The van der Waals surface area contributed by atoms with Crippen LogP contribution in [0.4, 0.5) is 0 Å². The van der Waals surface area contributed by atoms with Crippen molar-refractivity contribution in [3.63, 3.8) is 0 Å². The topological polar surface area (TPSA) is 46.6 Å². The fourth-order valence-electron chi connectivity index (χ4n) is 1.93. The SMILES string of the molecule is C=CC(=O)OCCCCCCN1CCCC1=O. The highest BCUT2D eigenvalue weighted by Gasteiger charge is 2.18. The molecule has 0 aromatic carbocycles. The van der Waals surface area contributed by atoms with Crippen LogP contribution in [0.5, 0.6) is 0 Å². The van der Waals surface area contributed by atoms with Crippen molar-refractivity contribution < 1.29 is 14.3 Å². The molecular formula is C13H21NO3. The Kier molecular flexibility index (Phi) is 6.37. The Morgan fingerprint density at radius 2 is 2.12 bits per heavy atom. The first kappa shape index (κ1) is 13.7. The van der Waals surface area contributed by atoms with Gasteiger partial charge >= 0.3 is 5.97 Å². The zero-order valence-corrected chi connectivity index (χ0v) is 10.3. The maximum absolute atomic E-state index is 11.3. The van der Waals surface area contributed by atoms with Gasteiger partial charge in [0.15, 0.2) is 0 Å². The third-order valence-corrected chi connectivity index (χ3v) is 2.90. The Bertz CT molecular complexity index is 276. The van der Waals surface area contributed by atoms with Gasteiger partial charge in [0.05, 0.1) is 6.61 Å². The number of nitrogens with zero attached hydrogens (tertiary/aromatic N) is 1. The number of amides is 1. The highest BCUT2D eigenvalue weighted by molar-refractivity contribution is 5.81. The number of ether oxygens (including phenoxy) is 1. The van der Waals surface area contributed by atoms with Crippen molar-refractivity contribution in [1.29, 1.82) is 0 Å². The van der Waals surface area contributed by atoms with Gasteiger partial charge in [-0.1, -0.05) is 13.0 Å². The van der Waals surface area contributed by atoms with Crippen LogP contribution in [-0.4, -0.2) is 36.5 Å². The van der Waals surface area contributed by atoms with Gasteiger partial charge in [-0.05, 0) is 25.7 Å². The standard InChI is InChI=1S/C13H21NO3/c1-2-13(16)17-11-6-4-3-5-9-14-10-7-8-12(14)15/h2H,1,3-11H2. The number of likely N-dealkylation sites (tertiary alicyclic amines) is 1. The predicted molar refractivity (Wildman–Crippen MR) is 65.4 cm³/mol. The second-order valence-corrected chi connectivity index (χ2v) is 4.27. The molecule has 0 aromatic rings. The monoisotopic (exact) mass is 239 g/mol. The molecule has 0 unspecified atom stereocenters. The minimum atomic E-state index is -0.354. The van der Waals surface area contributed by atoms with Crippen molar-refractivity contribution >= 4 is 11.9 Å². The van der Waals surface area contributed by atoms with Gasteiger partial charge in [-0.3, -0.25) is 4.79 Å². The number of unbranched alkanes of at least 4 members (excludes halogenated alkanes) is 3. The quantitative estimate of drug-likeness (QED) is 0.369. The van der Waals surface area contributed by atoms with E-state index in [4.69, 9.17) is 4.74 Å². The lowest BCUT2D eigenvalue weighted by molar-refractivity contribution is -0.137. The summed E-state index contributed by atoms with van der Waals surface area (Å²) in [4.78, 5) is 24.0. The fourth-order valence-corrected chi connectivity index (χ4v) is 1.93. The molecule has 0 aliphatic carbocycles. The van der Waals surface area contributed by atoms with Gasteiger partial charge in [0.1, 0.15) is 0 Å². The number of carbonyl (C=O) groups is 2. The Hall–Kier alpha value is -1.32. The van der Waals surface area contributed by atoms with E-state index in [0.29, 0.717) is 12.5 Å². The summed E-state index contributed by atoms with van der Waals surface area (Å²) in [5.74, 6) is -0.0578. The van der Waals surface area contributed by atoms with E-state index in [9.17, 15) is 9.59 Å². The molecule has 96 valence electrons. The number of hydrogen-bond donors (Lipinski definition) is 0. The van der Waals surface area contributed by atoms with Crippen LogP contribution in [0.25, 0.3) is 0 Å². The van der Waals surface area contributed by atoms with E-state index in [2.05, 4.69) is 6.58 Å². The molecular weight excluding hydrogens is 218 g/mol. The van der Waals surface area contributed by atoms with Gasteiger partial charge in [0.25, 0.3) is 0 Å². The van der Waals surface area contributed by atoms with Gasteiger partial charge in [0, 0.05) is 25.6 Å². The summed E-state index contributed by atoms with van der Waals surface area (Å²) in [5, 5.41) is 0. The van der Waals surface area contributed by atoms with Crippen molar-refractivity contribution in [1.82, 2.24) is 4.90 Å². The summed E-state index contributed by atoms with van der Waals surface area (Å²) in [6.45, 7) is 5.60. The van der Waals surface area contributed by atoms with Gasteiger partial charge < -0.3 is 9.64 Å². The van der Waals surface area contributed by atoms with Crippen LogP contribution < -0.4 is 0 Å². The van der Waals surface area contributed by atoms with Crippen molar-refractivity contribution in [3.8, 4) is 0 Å². The van der Waals surface area contributed by atoms with Gasteiger partial charge in [0.2, 0.25) is 5.91 Å². The first-order valence-electron chi connectivity index (χ1n) is 6.31. The molecule has 1 aliphatic heterocycles. The maximum Gasteiger partial charge on any atom is 0.330 e. The zero-order valence-electron chi connectivity index (χ0n) is 10.3. The van der Waals surface area contributed by atoms with Crippen molar-refractivity contribution in [2.45, 2.75) is 38.5 Å². The molecule has 0 saturated carbocycles. The van der Waals surface area contributed by atoms with Gasteiger partial charge in [-0.15, -0.1) is 0 Å². The molecule has 0 radical (unpaired) electrons. The molecule has 0 atom stereocenters. The maximum atomic E-state index is 11.3. The minimum absolute atomic E-state index is 0.296. The largest absolute Gasteiger partial charge is 0.463 e. The molecule has 4 heteroatoms. The predicted octanol–water partition coefficient (Wildman–Crippen LogP) is 1.90. The first-order chi connectivity index (χ1) is 8.24. The molecule has 0 bridgehead atoms. The lowest BCUT2D eigenvalue weighted by Gasteiger charge is -2.14. The summed E-state index contributed by atoms with van der Waals surface area (Å²) >= 11 is 0. The van der Waals surface area contributed by atoms with E-state index in [1.807, 2.05) is 4.90 Å². The Labute approximate surface area is 103 Å². The van der Waals surface area contributed by atoms with Crippen LogP contribution in [0.2, 0.25) is 0 Å². The lowest BCUT2D eigenvalue weighted by atomic mass is 10.2. The smallest absolute Gasteiger partial charge is 0.330 e. The normalized spacial score (nSPS) is 15.1. The second-order valence-electron chi connectivity index (χ2n) is 4.27. The molecule has 1 aliphatic rings. The molecule has 0 N–H and O–H groups in total. The van der Waals surface area contributed by atoms with Gasteiger partial charge in [-0.2, -0.15) is 0 Å². The number of hydrogen-bond acceptors (Lipinski definition) is 3. The average molecular weight is 239 g/mol. The molecule has 1 fully saturated rings. The molecule has 1 amide bonds. The van der Waals surface area contributed by atoms with Crippen LogP contribution in [0.15, 0.2) is 12.7 Å². The lowest BCUT2D eigenvalue weighted by Crippen LogP contribution is -2.25. The van der Waals surface area contributed by atoms with Crippen molar-refractivity contribution in [3.05, 3.63) is 12.7 Å². The molecule has 1 rings (SSSR count). The molecule has 17 heavy (non-hydrogen) atoms. The molecule has 1 heterocycles. The highest BCUT2D eigenvalue weighted by atomic mass is 16.5. The van der Waals surface area contributed by atoms with E-state index >= 15 is 0 Å². The van der Waals surface area contributed by atoms with Crippen LogP contribution in [0, 0.1) is 0 Å². The third kappa shape index (κ3) is 5.52. The summed E-state index contributed by atoms with van der Waals surface area (Å²) in [6.07, 6.45) is 6.95. The number of esters is 1. The van der Waals surface area contributed by atoms with E-state index in [-0.39, 0.29) is 5.97 Å². The Morgan fingerprint density at radius 3 is 2.76 bits per heavy atom. The van der Waals surface area contributed by atoms with E-state index < -0.39 is 0 Å². The van der Waals surface area contributed by atoms with Crippen molar-refractivity contribution in [2.75, 3.05) is 19.7 Å². The van der Waals surface area contributed by atoms with E-state index in [0.717, 1.165) is 51.6 Å². The minimum Gasteiger partial charge on any atom is -0.463 e. The van der Waals surface area contributed by atoms with Gasteiger partial charge in [-0.25, -0.2) is 4.79 Å². The zero-order chi connectivity index (χ0) is 12.5. The first-order valence-corrected chi connectivity index (χ1v) is 6.31. The Balaban J connectivity index is 1.89. The van der Waals surface area contributed by atoms with Crippen LogP contribution in [0.3, 0.4) is 0 Å². The highest BCUT2D eigenvalue weighted by Crippen LogP contribution is 2.11. The molecule has 1 saturated heterocycles. The van der Waals surface area contributed by atoms with Crippen LogP contribution >= 0.6 is 0 Å². The van der Waals surface area contributed by atoms with Crippen LogP contribution in [-0.2, 0) is 14.3 Å². The number of rotatable bonds is 8. The van der Waals surface area contributed by atoms with E-state index in [1.54, 1.807) is 0 Å². The van der Waals surface area contributed by atoms with Crippen molar-refractivity contribution in [2.24, 2.45) is 0 Å². The summed E-state index contributed by atoms with van der Waals surface area (Å²) in [7, 11) is 0. The fraction of sp³-hybridized carbons (Fsp3) is 0.692. The average Bonchev–Trinajstić information content (AvgIpc) is 2.73. The van der Waals surface area contributed by atoms with E-state index in [1.165, 1.54) is 6.08 Å². The third-order valence-electron chi connectivity index (χ3n) is 2.90. The van der Waals surface area contributed by atoms with Crippen LogP contribution in [0.1, 0.15) is 38.5 Å².